The zero-order valence-corrected chi connectivity index (χ0v) is 15.4. The van der Waals surface area contributed by atoms with Gasteiger partial charge in [-0.1, -0.05) is 6.07 Å². The highest BCUT2D eigenvalue weighted by Crippen LogP contribution is 2.31. The van der Waals surface area contributed by atoms with Crippen LogP contribution in [-0.2, 0) is 21.0 Å². The fraction of sp³-hybridized carbons (Fsp3) is 0.588. The quantitative estimate of drug-likeness (QED) is 0.761. The number of carbonyl (C=O) groups is 1. The fourth-order valence-electron chi connectivity index (χ4n) is 3.18. The van der Waals surface area contributed by atoms with Crippen LogP contribution in [0, 0.1) is 0 Å². The zero-order valence-electron chi connectivity index (χ0n) is 14.6. The van der Waals surface area contributed by atoms with Crippen LogP contribution in [0.2, 0.25) is 0 Å². The van der Waals surface area contributed by atoms with E-state index < -0.39 is 27.7 Å². The number of rotatable bonds is 6. The lowest BCUT2D eigenvalue weighted by molar-refractivity contribution is -0.137. The molecule has 1 atom stereocenters. The highest BCUT2D eigenvalue weighted by Gasteiger charge is 2.37. The molecule has 1 saturated carbocycles. The molecule has 0 radical (unpaired) electrons. The molecule has 1 amide bonds. The van der Waals surface area contributed by atoms with Crippen molar-refractivity contribution in [3.63, 3.8) is 0 Å². The molecule has 2 aliphatic rings. The second-order valence-electron chi connectivity index (χ2n) is 7.06. The first-order valence-electron chi connectivity index (χ1n) is 8.84. The zero-order chi connectivity index (χ0) is 19.7. The fourth-order valence-corrected chi connectivity index (χ4v) is 4.79. The Labute approximate surface area is 156 Å². The predicted molar refractivity (Wildman–Crippen MR) is 94.6 cm³/mol. The van der Waals surface area contributed by atoms with Gasteiger partial charge in [-0.2, -0.15) is 13.2 Å². The van der Waals surface area contributed by atoms with E-state index in [1.54, 1.807) is 0 Å². The molecule has 1 heterocycles. The van der Waals surface area contributed by atoms with Gasteiger partial charge in [0.15, 0.2) is 0 Å². The number of carbonyl (C=O) groups excluding carboxylic acids is 1. The molecule has 27 heavy (non-hydrogen) atoms. The lowest BCUT2D eigenvalue weighted by Gasteiger charge is -2.32. The summed E-state index contributed by atoms with van der Waals surface area (Å²) in [6.07, 6.45) is -1.65. The van der Waals surface area contributed by atoms with E-state index in [0.717, 1.165) is 18.6 Å². The minimum Gasteiger partial charge on any atom is -0.325 e. The number of halogens is 3. The second kappa shape index (κ2) is 7.76. The van der Waals surface area contributed by atoms with Gasteiger partial charge in [0.2, 0.25) is 15.9 Å². The van der Waals surface area contributed by atoms with Crippen molar-refractivity contribution in [1.29, 1.82) is 0 Å². The molecule has 2 N–H and O–H groups in total. The average Bonchev–Trinajstić information content (AvgIpc) is 3.39. The van der Waals surface area contributed by atoms with Crippen LogP contribution >= 0.6 is 0 Å². The Bertz CT molecular complexity index is 794. The van der Waals surface area contributed by atoms with Crippen LogP contribution in [0.3, 0.4) is 0 Å². The number of piperidine rings is 1. The van der Waals surface area contributed by atoms with Gasteiger partial charge in [-0.3, -0.25) is 9.69 Å². The molecule has 10 heteroatoms. The molecule has 0 bridgehead atoms. The molecule has 0 aromatic heterocycles. The summed E-state index contributed by atoms with van der Waals surface area (Å²) in [5, 5.41) is 2.18. The van der Waals surface area contributed by atoms with Crippen LogP contribution in [0.15, 0.2) is 24.3 Å². The summed E-state index contributed by atoms with van der Waals surface area (Å²) in [6.45, 7) is 1.04. The topological polar surface area (TPSA) is 78.5 Å². The van der Waals surface area contributed by atoms with E-state index in [2.05, 4.69) is 10.0 Å². The van der Waals surface area contributed by atoms with Gasteiger partial charge < -0.3 is 5.32 Å². The molecule has 0 spiro atoms. The summed E-state index contributed by atoms with van der Waals surface area (Å²) >= 11 is 0. The van der Waals surface area contributed by atoms with Gasteiger partial charge >= 0.3 is 6.18 Å². The van der Waals surface area contributed by atoms with E-state index in [1.165, 1.54) is 12.1 Å². The number of anilines is 1. The van der Waals surface area contributed by atoms with Crippen molar-refractivity contribution in [3.05, 3.63) is 29.8 Å². The average molecular weight is 405 g/mol. The minimum absolute atomic E-state index is 0.00208. The van der Waals surface area contributed by atoms with Crippen molar-refractivity contribution < 1.29 is 26.4 Å². The Kier molecular flexibility index (Phi) is 5.78. The normalized spacial score (nSPS) is 21.8. The number of sulfonamides is 1. The molecular formula is C17H22F3N3O3S. The van der Waals surface area contributed by atoms with Crippen LogP contribution in [-0.4, -0.2) is 50.2 Å². The van der Waals surface area contributed by atoms with E-state index in [1.807, 2.05) is 4.90 Å². The molecule has 1 aromatic rings. The largest absolute Gasteiger partial charge is 0.416 e. The van der Waals surface area contributed by atoms with Gasteiger partial charge in [0.05, 0.1) is 17.4 Å². The molecule has 1 unspecified atom stereocenters. The Morgan fingerprint density at radius 2 is 1.96 bits per heavy atom. The van der Waals surface area contributed by atoms with Gasteiger partial charge in [0.1, 0.15) is 0 Å². The maximum atomic E-state index is 12.7. The molecule has 1 saturated heterocycles. The van der Waals surface area contributed by atoms with E-state index in [4.69, 9.17) is 0 Å². The summed E-state index contributed by atoms with van der Waals surface area (Å²) in [7, 11) is -3.29. The number of hydrogen-bond donors (Lipinski definition) is 2. The minimum atomic E-state index is -4.47. The summed E-state index contributed by atoms with van der Waals surface area (Å²) in [6, 6.07) is 4.22. The lowest BCUT2D eigenvalue weighted by Crippen LogP contribution is -2.50. The number of nitrogens with zero attached hydrogens (tertiary/aromatic N) is 1. The van der Waals surface area contributed by atoms with Crippen LogP contribution in [0.4, 0.5) is 18.9 Å². The van der Waals surface area contributed by atoms with Gasteiger partial charge in [-0.15, -0.1) is 0 Å². The molecule has 150 valence electrons. The first-order chi connectivity index (χ1) is 12.6. The molecule has 1 aromatic carbocycles. The Hall–Kier alpha value is -1.65. The van der Waals surface area contributed by atoms with E-state index in [-0.39, 0.29) is 23.5 Å². The van der Waals surface area contributed by atoms with E-state index >= 15 is 0 Å². The summed E-state index contributed by atoms with van der Waals surface area (Å²) in [4.78, 5) is 14.0. The molecule has 1 aliphatic heterocycles. The number of likely N-dealkylation sites (tertiary alicyclic amines) is 1. The highest BCUT2D eigenvalue weighted by molar-refractivity contribution is 7.90. The van der Waals surface area contributed by atoms with Gasteiger partial charge in [0, 0.05) is 18.3 Å². The molecule has 1 aliphatic carbocycles. The highest BCUT2D eigenvalue weighted by atomic mass is 32.2. The molecule has 3 rings (SSSR count). The predicted octanol–water partition coefficient (Wildman–Crippen LogP) is 2.19. The van der Waals surface area contributed by atoms with Crippen LogP contribution in [0.25, 0.3) is 0 Å². The maximum Gasteiger partial charge on any atom is 0.416 e. The number of benzene rings is 1. The molecule has 6 nitrogen and oxygen atoms in total. The van der Waals surface area contributed by atoms with Crippen LogP contribution in [0.1, 0.15) is 31.2 Å². The van der Waals surface area contributed by atoms with Crippen molar-refractivity contribution >= 4 is 21.6 Å². The number of alkyl halides is 3. The molecular weight excluding hydrogens is 383 g/mol. The Morgan fingerprint density at radius 1 is 1.22 bits per heavy atom. The van der Waals surface area contributed by atoms with Crippen LogP contribution < -0.4 is 10.0 Å². The van der Waals surface area contributed by atoms with Gasteiger partial charge in [-0.05, 0) is 50.4 Å². The number of amides is 1. The summed E-state index contributed by atoms with van der Waals surface area (Å²) in [5.74, 6) is -0.431. The van der Waals surface area contributed by atoms with Crippen molar-refractivity contribution in [1.82, 2.24) is 9.62 Å². The second-order valence-corrected chi connectivity index (χ2v) is 9.06. The van der Waals surface area contributed by atoms with Gasteiger partial charge in [0.25, 0.3) is 0 Å². The third-order valence-corrected chi connectivity index (χ3v) is 6.65. The summed E-state index contributed by atoms with van der Waals surface area (Å²) in [5.41, 5.74) is -0.745. The van der Waals surface area contributed by atoms with E-state index in [9.17, 15) is 26.4 Å². The van der Waals surface area contributed by atoms with Crippen molar-refractivity contribution in [2.75, 3.05) is 25.0 Å². The standard InChI is InChI=1S/C17H22F3N3O3S/c18-17(19,20)12-3-1-4-13(9-12)21-16(24)11-23-8-2-5-14(10-23)22-27(25,26)15-6-7-15/h1,3-4,9,14-15,22H,2,5-8,10-11H2,(H,21,24). The van der Waals surface area contributed by atoms with Crippen molar-refractivity contribution in [3.8, 4) is 0 Å². The van der Waals surface area contributed by atoms with Gasteiger partial charge in [-0.25, -0.2) is 13.1 Å². The third kappa shape index (κ3) is 5.66. The molecule has 2 fully saturated rings. The number of nitrogens with one attached hydrogen (secondary N) is 2. The third-order valence-electron chi connectivity index (χ3n) is 4.64. The van der Waals surface area contributed by atoms with Crippen molar-refractivity contribution in [2.24, 2.45) is 0 Å². The smallest absolute Gasteiger partial charge is 0.325 e. The summed E-state index contributed by atoms with van der Waals surface area (Å²) < 4.78 is 65.0. The first-order valence-corrected chi connectivity index (χ1v) is 10.4. The Morgan fingerprint density at radius 3 is 2.63 bits per heavy atom. The van der Waals surface area contributed by atoms with Crippen molar-refractivity contribution in [2.45, 2.75) is 43.2 Å². The van der Waals surface area contributed by atoms with E-state index in [0.29, 0.717) is 32.4 Å². The lowest BCUT2D eigenvalue weighted by atomic mass is 10.1. The van der Waals surface area contributed by atoms with Crippen LogP contribution in [0.5, 0.6) is 0 Å². The Balaban J connectivity index is 1.53. The first kappa shape index (κ1) is 20.1. The maximum absolute atomic E-state index is 12.7. The monoisotopic (exact) mass is 405 g/mol. The number of hydrogen-bond acceptors (Lipinski definition) is 4. The SMILES string of the molecule is O=C(CN1CCCC(NS(=O)(=O)C2CC2)C1)Nc1cccc(C(F)(F)F)c1.